The molecule has 0 atom stereocenters. The van der Waals surface area contributed by atoms with E-state index in [9.17, 15) is 0 Å². The molecule has 1 aromatic carbocycles. The van der Waals surface area contributed by atoms with E-state index in [1.807, 2.05) is 5.51 Å². The standard InChI is InChI=1S/C13H7NS/c1-2-8-4-9-5-13-12(14-7-15-13)6-11(9)10(8)3-1/h1-7H. The van der Waals surface area contributed by atoms with E-state index in [0.717, 1.165) is 5.52 Å². The second-order valence-electron chi connectivity index (χ2n) is 3.80. The Balaban J connectivity index is 2.12. The average molecular weight is 209 g/mol. The van der Waals surface area contributed by atoms with Crippen LogP contribution in [0.2, 0.25) is 0 Å². The van der Waals surface area contributed by atoms with Gasteiger partial charge in [0.1, 0.15) is 0 Å². The summed E-state index contributed by atoms with van der Waals surface area (Å²) in [5.41, 5.74) is 8.36. The van der Waals surface area contributed by atoms with Crippen molar-refractivity contribution in [3.05, 3.63) is 52.6 Å². The van der Waals surface area contributed by atoms with Crippen LogP contribution in [0.1, 0.15) is 11.1 Å². The number of hydrogen-bond donors (Lipinski definition) is 0. The molecule has 2 aliphatic rings. The second-order valence-corrected chi connectivity index (χ2v) is 4.69. The largest absolute Gasteiger partial charge is 0.245 e. The summed E-state index contributed by atoms with van der Waals surface area (Å²) in [4.78, 5) is 4.36. The van der Waals surface area contributed by atoms with Gasteiger partial charge in [-0.3, -0.25) is 0 Å². The van der Waals surface area contributed by atoms with E-state index in [1.165, 1.54) is 27.0 Å². The van der Waals surface area contributed by atoms with Crippen LogP contribution in [0, 0.1) is 0 Å². The first-order valence-corrected chi connectivity index (χ1v) is 5.78. The summed E-state index contributed by atoms with van der Waals surface area (Å²) < 4.78 is 1.27. The van der Waals surface area contributed by atoms with Crippen LogP contribution in [0.25, 0.3) is 21.9 Å². The van der Waals surface area contributed by atoms with Gasteiger partial charge in [-0.15, -0.1) is 11.3 Å². The van der Waals surface area contributed by atoms with E-state index in [4.69, 9.17) is 0 Å². The zero-order chi connectivity index (χ0) is 9.83. The van der Waals surface area contributed by atoms with Gasteiger partial charge >= 0.3 is 0 Å². The minimum Gasteiger partial charge on any atom is -0.245 e. The number of hydrogen-bond acceptors (Lipinski definition) is 2. The fraction of sp³-hybridized carbons (Fsp3) is 0. The molecule has 0 amide bonds. The highest BCUT2D eigenvalue weighted by atomic mass is 32.1. The molecule has 1 aromatic heterocycles. The van der Waals surface area contributed by atoms with Gasteiger partial charge in [-0.2, -0.15) is 0 Å². The van der Waals surface area contributed by atoms with Crippen LogP contribution in [0.5, 0.6) is 0 Å². The molecule has 15 heavy (non-hydrogen) atoms. The van der Waals surface area contributed by atoms with Gasteiger partial charge < -0.3 is 0 Å². The van der Waals surface area contributed by atoms with Crippen LogP contribution in [0.4, 0.5) is 0 Å². The predicted molar refractivity (Wildman–Crippen MR) is 64.7 cm³/mol. The SMILES string of the molecule is C1=CC2=Cc3cc4scnc4cc3C2=C1. The van der Waals surface area contributed by atoms with Crippen molar-refractivity contribution in [2.75, 3.05) is 0 Å². The lowest BCUT2D eigenvalue weighted by molar-refractivity contribution is 1.49. The van der Waals surface area contributed by atoms with Gasteiger partial charge in [0.2, 0.25) is 0 Å². The summed E-state index contributed by atoms with van der Waals surface area (Å²) in [5, 5.41) is 0. The molecule has 0 bridgehead atoms. The van der Waals surface area contributed by atoms with Gasteiger partial charge in [-0.1, -0.05) is 18.2 Å². The summed E-state index contributed by atoms with van der Waals surface area (Å²) in [5.74, 6) is 0. The van der Waals surface area contributed by atoms with Crippen molar-refractivity contribution in [2.45, 2.75) is 0 Å². The van der Waals surface area contributed by atoms with Crippen molar-refractivity contribution in [3.8, 4) is 0 Å². The van der Waals surface area contributed by atoms with Crippen molar-refractivity contribution in [2.24, 2.45) is 0 Å². The highest BCUT2D eigenvalue weighted by Gasteiger charge is 2.19. The normalized spacial score (nSPS) is 16.5. The molecule has 0 unspecified atom stereocenters. The van der Waals surface area contributed by atoms with Crippen LogP contribution >= 0.6 is 11.3 Å². The minimum absolute atomic E-state index is 1.11. The molecule has 0 fully saturated rings. The van der Waals surface area contributed by atoms with Gasteiger partial charge in [0.05, 0.1) is 15.7 Å². The topological polar surface area (TPSA) is 12.9 Å². The number of aromatic nitrogens is 1. The Hall–Kier alpha value is -1.67. The van der Waals surface area contributed by atoms with Crippen LogP contribution in [-0.4, -0.2) is 4.98 Å². The fourth-order valence-corrected chi connectivity index (χ4v) is 2.95. The maximum atomic E-state index is 4.36. The Morgan fingerprint density at radius 2 is 2.20 bits per heavy atom. The third-order valence-corrected chi connectivity index (χ3v) is 3.75. The van der Waals surface area contributed by atoms with Gasteiger partial charge in [0.15, 0.2) is 0 Å². The summed E-state index contributed by atoms with van der Waals surface area (Å²) >= 11 is 1.70. The average Bonchev–Trinajstić information content (AvgIpc) is 2.86. The summed E-state index contributed by atoms with van der Waals surface area (Å²) in [6, 6.07) is 4.44. The number of nitrogens with zero attached hydrogens (tertiary/aromatic N) is 1. The number of rotatable bonds is 0. The van der Waals surface area contributed by atoms with Crippen LogP contribution in [-0.2, 0) is 0 Å². The lowest BCUT2D eigenvalue weighted by Crippen LogP contribution is -1.81. The quantitative estimate of drug-likeness (QED) is 0.645. The van der Waals surface area contributed by atoms with Gasteiger partial charge in [0.25, 0.3) is 0 Å². The van der Waals surface area contributed by atoms with Gasteiger partial charge in [-0.25, -0.2) is 4.98 Å². The number of fused-ring (bicyclic) bond motifs is 4. The predicted octanol–water partition coefficient (Wildman–Crippen LogP) is 3.65. The van der Waals surface area contributed by atoms with E-state index in [-0.39, 0.29) is 0 Å². The van der Waals surface area contributed by atoms with Crippen LogP contribution in [0.3, 0.4) is 0 Å². The van der Waals surface area contributed by atoms with Crippen molar-refractivity contribution >= 4 is 33.2 Å². The number of benzene rings is 1. The third kappa shape index (κ3) is 0.896. The first kappa shape index (κ1) is 7.60. The number of thiazole rings is 1. The lowest BCUT2D eigenvalue weighted by Gasteiger charge is -2.00. The Morgan fingerprint density at radius 1 is 1.20 bits per heavy atom. The number of allylic oxidation sites excluding steroid dienone is 5. The molecule has 1 nitrogen and oxygen atoms in total. The van der Waals surface area contributed by atoms with E-state index in [2.05, 4.69) is 41.4 Å². The molecule has 2 heteroatoms. The zero-order valence-electron chi connectivity index (χ0n) is 7.90. The summed E-state index contributed by atoms with van der Waals surface area (Å²) in [7, 11) is 0. The molecule has 70 valence electrons. The molecular weight excluding hydrogens is 202 g/mol. The van der Waals surface area contributed by atoms with Crippen LogP contribution < -0.4 is 0 Å². The Kier molecular flexibility index (Phi) is 1.25. The first-order chi connectivity index (χ1) is 7.42. The van der Waals surface area contributed by atoms with E-state index in [1.54, 1.807) is 11.3 Å². The van der Waals surface area contributed by atoms with E-state index >= 15 is 0 Å². The summed E-state index contributed by atoms with van der Waals surface area (Å²) in [6.07, 6.45) is 8.70. The molecule has 0 saturated heterocycles. The maximum Gasteiger partial charge on any atom is 0.0818 e. The maximum absolute atomic E-state index is 4.36. The molecule has 0 radical (unpaired) electrons. The smallest absolute Gasteiger partial charge is 0.0818 e. The molecule has 0 saturated carbocycles. The summed E-state index contributed by atoms with van der Waals surface area (Å²) in [6.45, 7) is 0. The molecular formula is C13H7NS. The molecule has 4 rings (SSSR count). The third-order valence-electron chi connectivity index (χ3n) is 2.95. The van der Waals surface area contributed by atoms with Crippen molar-refractivity contribution < 1.29 is 0 Å². The first-order valence-electron chi connectivity index (χ1n) is 4.90. The van der Waals surface area contributed by atoms with Crippen molar-refractivity contribution in [1.29, 1.82) is 0 Å². The lowest BCUT2D eigenvalue weighted by atomic mass is 10.0. The van der Waals surface area contributed by atoms with Crippen molar-refractivity contribution in [3.63, 3.8) is 0 Å². The fourth-order valence-electron chi connectivity index (χ4n) is 2.24. The Morgan fingerprint density at radius 3 is 3.20 bits per heavy atom. The molecule has 0 aliphatic heterocycles. The minimum atomic E-state index is 1.11. The zero-order valence-corrected chi connectivity index (χ0v) is 8.71. The molecule has 2 aromatic rings. The van der Waals surface area contributed by atoms with Gasteiger partial charge in [-0.05, 0) is 40.5 Å². The molecule has 0 spiro atoms. The van der Waals surface area contributed by atoms with Crippen molar-refractivity contribution in [1.82, 2.24) is 4.98 Å². The van der Waals surface area contributed by atoms with E-state index < -0.39 is 0 Å². The Bertz CT molecular complexity index is 671. The highest BCUT2D eigenvalue weighted by Crippen LogP contribution is 2.40. The molecule has 2 aliphatic carbocycles. The Labute approximate surface area is 91.1 Å². The van der Waals surface area contributed by atoms with Gasteiger partial charge in [0, 0.05) is 0 Å². The monoisotopic (exact) mass is 209 g/mol. The highest BCUT2D eigenvalue weighted by molar-refractivity contribution is 7.16. The second kappa shape index (κ2) is 2.47. The molecule has 0 N–H and O–H groups in total. The van der Waals surface area contributed by atoms with Crippen LogP contribution in [0.15, 0.2) is 41.4 Å². The van der Waals surface area contributed by atoms with E-state index in [0.29, 0.717) is 0 Å². The molecule has 1 heterocycles.